The summed E-state index contributed by atoms with van der Waals surface area (Å²) in [6.45, 7) is 0. The van der Waals surface area contributed by atoms with Crippen molar-refractivity contribution in [1.29, 1.82) is 5.26 Å². The van der Waals surface area contributed by atoms with Gasteiger partial charge in [-0.2, -0.15) is 5.26 Å². The summed E-state index contributed by atoms with van der Waals surface area (Å²) in [5, 5.41) is 19.3. The second kappa shape index (κ2) is 5.78. The first kappa shape index (κ1) is 14.5. The Balaban J connectivity index is 2.22. The van der Waals surface area contributed by atoms with Gasteiger partial charge < -0.3 is 20.0 Å². The predicted molar refractivity (Wildman–Crippen MR) is 86.9 cm³/mol. The number of hydrogen-bond acceptors (Lipinski definition) is 5. The maximum Gasteiger partial charge on any atom is 0.200 e. The van der Waals surface area contributed by atoms with Crippen LogP contribution in [0.25, 0.3) is 22.5 Å². The molecule has 0 aliphatic heterocycles. The van der Waals surface area contributed by atoms with Crippen molar-refractivity contribution in [2.24, 2.45) is 0 Å². The topological polar surface area (TPSA) is 92.4 Å². The number of aromatic hydroxyl groups is 1. The van der Waals surface area contributed by atoms with Crippen molar-refractivity contribution in [3.63, 3.8) is 0 Å². The van der Waals surface area contributed by atoms with Gasteiger partial charge in [-0.25, -0.2) is 0 Å². The van der Waals surface area contributed by atoms with E-state index in [9.17, 15) is 10.4 Å². The van der Waals surface area contributed by atoms with Crippen LogP contribution in [0.2, 0.25) is 0 Å². The maximum absolute atomic E-state index is 9.72. The molecule has 0 aliphatic rings. The van der Waals surface area contributed by atoms with Gasteiger partial charge in [-0.15, -0.1) is 0 Å². The minimum Gasteiger partial charge on any atom is -0.504 e. The maximum atomic E-state index is 9.72. The molecule has 0 aliphatic carbocycles. The summed E-state index contributed by atoms with van der Waals surface area (Å²) >= 11 is 0. The lowest BCUT2D eigenvalue weighted by Crippen LogP contribution is -1.89. The molecule has 0 fully saturated rings. The van der Waals surface area contributed by atoms with E-state index in [-0.39, 0.29) is 11.6 Å². The summed E-state index contributed by atoms with van der Waals surface area (Å²) in [6, 6.07) is 16.2. The van der Waals surface area contributed by atoms with Crippen molar-refractivity contribution in [3.05, 3.63) is 54.1 Å². The van der Waals surface area contributed by atoms with Crippen molar-refractivity contribution < 1.29 is 14.3 Å². The van der Waals surface area contributed by atoms with Gasteiger partial charge in [0.25, 0.3) is 0 Å². The molecule has 0 radical (unpaired) electrons. The number of furan rings is 1. The predicted octanol–water partition coefficient (Wildman–Crippen LogP) is 3.78. The number of methoxy groups -OCH3 is 1. The summed E-state index contributed by atoms with van der Waals surface area (Å²) < 4.78 is 10.7. The Kier molecular flexibility index (Phi) is 3.65. The Bertz CT molecular complexity index is 893. The normalized spacial score (nSPS) is 10.3. The van der Waals surface area contributed by atoms with E-state index in [0.29, 0.717) is 28.2 Å². The number of anilines is 1. The number of ether oxygens (including phenoxy) is 1. The van der Waals surface area contributed by atoms with Crippen LogP contribution in [0.5, 0.6) is 11.5 Å². The summed E-state index contributed by atoms with van der Waals surface area (Å²) in [4.78, 5) is 0. The van der Waals surface area contributed by atoms with Crippen molar-refractivity contribution in [3.8, 4) is 40.0 Å². The van der Waals surface area contributed by atoms with Crippen LogP contribution in [0.4, 0.5) is 5.88 Å². The first-order valence-electron chi connectivity index (χ1n) is 6.91. The number of nitrogens with zero attached hydrogens (tertiary/aromatic N) is 1. The third-order valence-electron chi connectivity index (χ3n) is 3.55. The third kappa shape index (κ3) is 2.47. The van der Waals surface area contributed by atoms with Gasteiger partial charge in [0.05, 0.1) is 12.7 Å². The van der Waals surface area contributed by atoms with E-state index < -0.39 is 0 Å². The van der Waals surface area contributed by atoms with Crippen LogP contribution in [0, 0.1) is 11.3 Å². The van der Waals surface area contributed by atoms with Gasteiger partial charge >= 0.3 is 0 Å². The highest BCUT2D eigenvalue weighted by Crippen LogP contribution is 2.41. The molecule has 1 heterocycles. The number of rotatable bonds is 3. The smallest absolute Gasteiger partial charge is 0.200 e. The molecular formula is C18H14N2O3. The average molecular weight is 306 g/mol. The molecule has 0 saturated carbocycles. The van der Waals surface area contributed by atoms with E-state index in [2.05, 4.69) is 6.07 Å². The Morgan fingerprint density at radius 2 is 1.87 bits per heavy atom. The van der Waals surface area contributed by atoms with Crippen LogP contribution in [-0.4, -0.2) is 12.2 Å². The Hall–Kier alpha value is -3.39. The van der Waals surface area contributed by atoms with Gasteiger partial charge in [0.1, 0.15) is 11.6 Å². The van der Waals surface area contributed by atoms with Gasteiger partial charge in [-0.3, -0.25) is 0 Å². The number of phenols is 1. The van der Waals surface area contributed by atoms with Gasteiger partial charge in [0.15, 0.2) is 23.1 Å². The van der Waals surface area contributed by atoms with Gasteiger partial charge in [-0.05, 0) is 17.7 Å². The van der Waals surface area contributed by atoms with Gasteiger partial charge in [0, 0.05) is 5.56 Å². The molecule has 5 heteroatoms. The highest BCUT2D eigenvalue weighted by atomic mass is 16.5. The molecule has 23 heavy (non-hydrogen) atoms. The van der Waals surface area contributed by atoms with E-state index in [1.807, 2.05) is 30.3 Å². The molecule has 1 aromatic heterocycles. The fourth-order valence-corrected chi connectivity index (χ4v) is 2.47. The number of benzene rings is 2. The molecule has 3 aromatic rings. The van der Waals surface area contributed by atoms with Gasteiger partial charge in [-0.1, -0.05) is 36.4 Å². The first-order valence-corrected chi connectivity index (χ1v) is 6.91. The standard InChI is InChI=1S/C18H14N2O3/c1-22-15-9-12(7-8-14(15)21)16-13(10-19)17(23-18(16)20)11-5-3-2-4-6-11/h2-9,21H,20H2,1H3. The summed E-state index contributed by atoms with van der Waals surface area (Å²) in [5.41, 5.74) is 8.24. The lowest BCUT2D eigenvalue weighted by Gasteiger charge is -2.06. The quantitative estimate of drug-likeness (QED) is 0.768. The highest BCUT2D eigenvalue weighted by Gasteiger charge is 2.22. The van der Waals surface area contributed by atoms with E-state index in [1.54, 1.807) is 12.1 Å². The van der Waals surface area contributed by atoms with Crippen LogP contribution in [-0.2, 0) is 0 Å². The molecular weight excluding hydrogens is 292 g/mol. The van der Waals surface area contributed by atoms with E-state index in [0.717, 1.165) is 5.56 Å². The lowest BCUT2D eigenvalue weighted by molar-refractivity contribution is 0.373. The van der Waals surface area contributed by atoms with Crippen molar-refractivity contribution in [2.45, 2.75) is 0 Å². The molecule has 3 N–H and O–H groups in total. The Morgan fingerprint density at radius 1 is 1.13 bits per heavy atom. The molecule has 0 saturated heterocycles. The monoisotopic (exact) mass is 306 g/mol. The number of nitriles is 1. The molecule has 5 nitrogen and oxygen atoms in total. The largest absolute Gasteiger partial charge is 0.504 e. The summed E-state index contributed by atoms with van der Waals surface area (Å²) in [6.07, 6.45) is 0. The van der Waals surface area contributed by atoms with Crippen LogP contribution < -0.4 is 10.5 Å². The Labute approximate surface area is 133 Å². The lowest BCUT2D eigenvalue weighted by atomic mass is 10.00. The minimum atomic E-state index is 0.0140. The van der Waals surface area contributed by atoms with Gasteiger partial charge in [0.2, 0.25) is 0 Å². The molecule has 2 aromatic carbocycles. The molecule has 0 spiro atoms. The SMILES string of the molecule is COc1cc(-c2c(N)oc(-c3ccccc3)c2C#N)ccc1O. The zero-order valence-corrected chi connectivity index (χ0v) is 12.4. The number of hydrogen-bond donors (Lipinski definition) is 2. The third-order valence-corrected chi connectivity index (χ3v) is 3.55. The average Bonchev–Trinajstić information content (AvgIpc) is 2.92. The van der Waals surface area contributed by atoms with E-state index in [1.165, 1.54) is 13.2 Å². The zero-order valence-electron chi connectivity index (χ0n) is 12.4. The second-order valence-corrected chi connectivity index (χ2v) is 4.91. The van der Waals surface area contributed by atoms with E-state index >= 15 is 0 Å². The molecule has 0 unspecified atom stereocenters. The van der Waals surface area contributed by atoms with E-state index in [4.69, 9.17) is 14.9 Å². The highest BCUT2D eigenvalue weighted by molar-refractivity contribution is 5.87. The van der Waals surface area contributed by atoms with Crippen LogP contribution in [0.15, 0.2) is 52.9 Å². The fraction of sp³-hybridized carbons (Fsp3) is 0.0556. The summed E-state index contributed by atoms with van der Waals surface area (Å²) in [5.74, 6) is 0.883. The molecule has 0 bridgehead atoms. The van der Waals surface area contributed by atoms with Crippen molar-refractivity contribution in [1.82, 2.24) is 0 Å². The molecule has 0 atom stereocenters. The zero-order chi connectivity index (χ0) is 16.4. The Morgan fingerprint density at radius 3 is 2.52 bits per heavy atom. The molecule has 114 valence electrons. The van der Waals surface area contributed by atoms with Crippen LogP contribution in [0.1, 0.15) is 5.56 Å². The molecule has 0 amide bonds. The number of nitrogens with two attached hydrogens (primary N) is 1. The summed E-state index contributed by atoms with van der Waals surface area (Å²) in [7, 11) is 1.46. The minimum absolute atomic E-state index is 0.0140. The van der Waals surface area contributed by atoms with Crippen molar-refractivity contribution >= 4 is 5.88 Å². The number of phenolic OH excluding ortho intramolecular Hbond substituents is 1. The first-order chi connectivity index (χ1) is 11.2. The fourth-order valence-electron chi connectivity index (χ4n) is 2.47. The van der Waals surface area contributed by atoms with Crippen molar-refractivity contribution in [2.75, 3.05) is 12.8 Å². The number of nitrogen functional groups attached to an aromatic ring is 1. The van der Waals surface area contributed by atoms with Crippen LogP contribution in [0.3, 0.4) is 0 Å². The molecule has 3 rings (SSSR count). The second-order valence-electron chi connectivity index (χ2n) is 4.91. The van der Waals surface area contributed by atoms with Crippen LogP contribution >= 0.6 is 0 Å².